The lowest BCUT2D eigenvalue weighted by Crippen LogP contribution is -2.26. The smallest absolute Gasteiger partial charge is 0.253 e. The van der Waals surface area contributed by atoms with Gasteiger partial charge in [-0.05, 0) is 58.5 Å². The van der Waals surface area contributed by atoms with E-state index < -0.39 is 5.91 Å². The molecule has 2 aromatic carbocycles. The van der Waals surface area contributed by atoms with Gasteiger partial charge in [0.1, 0.15) is 0 Å². The monoisotopic (exact) mass is 428 g/mol. The highest BCUT2D eigenvalue weighted by Gasteiger charge is 2.13. The van der Waals surface area contributed by atoms with Crippen LogP contribution in [0.2, 0.25) is 5.02 Å². The van der Waals surface area contributed by atoms with Gasteiger partial charge in [0.25, 0.3) is 5.91 Å². The summed E-state index contributed by atoms with van der Waals surface area (Å²) in [4.78, 5) is 25.0. The zero-order chi connectivity index (χ0) is 16.3. The van der Waals surface area contributed by atoms with Crippen LogP contribution < -0.4 is 5.73 Å². The van der Waals surface area contributed by atoms with Gasteiger partial charge < -0.3 is 10.6 Å². The minimum Gasteiger partial charge on any atom is -0.366 e. The molecule has 4 nitrogen and oxygen atoms in total. The van der Waals surface area contributed by atoms with Gasteiger partial charge in [-0.3, -0.25) is 9.59 Å². The van der Waals surface area contributed by atoms with Gasteiger partial charge >= 0.3 is 0 Å². The number of hydrogen-bond donors (Lipinski definition) is 1. The van der Waals surface area contributed by atoms with Gasteiger partial charge in [-0.15, -0.1) is 0 Å². The second-order valence-electron chi connectivity index (χ2n) is 4.85. The van der Waals surface area contributed by atoms with Crippen molar-refractivity contribution in [3.8, 4) is 0 Å². The van der Waals surface area contributed by atoms with Crippen LogP contribution in [0.5, 0.6) is 0 Å². The number of halogens is 2. The van der Waals surface area contributed by atoms with Crippen LogP contribution in [0.4, 0.5) is 0 Å². The number of rotatable bonds is 4. The summed E-state index contributed by atoms with van der Waals surface area (Å²) in [6, 6.07) is 12.1. The average Bonchev–Trinajstić information content (AvgIpc) is 2.49. The lowest BCUT2D eigenvalue weighted by atomic mass is 10.1. The van der Waals surface area contributed by atoms with Crippen LogP contribution in [0, 0.1) is 3.57 Å². The summed E-state index contributed by atoms with van der Waals surface area (Å²) in [6.45, 7) is 0.442. The molecule has 0 unspecified atom stereocenters. The summed E-state index contributed by atoms with van der Waals surface area (Å²) in [7, 11) is 1.73. The number of amides is 2. The molecule has 0 heterocycles. The average molecular weight is 429 g/mol. The first-order valence-corrected chi connectivity index (χ1v) is 7.93. The van der Waals surface area contributed by atoms with E-state index in [-0.39, 0.29) is 5.91 Å². The van der Waals surface area contributed by atoms with E-state index in [1.807, 2.05) is 0 Å². The number of primary amides is 1. The predicted molar refractivity (Wildman–Crippen MR) is 94.9 cm³/mol. The van der Waals surface area contributed by atoms with Gasteiger partial charge in [-0.1, -0.05) is 23.7 Å². The highest BCUT2D eigenvalue weighted by molar-refractivity contribution is 14.1. The molecule has 2 aromatic rings. The number of nitrogens with two attached hydrogens (primary N) is 1. The second kappa shape index (κ2) is 7.11. The molecular weight excluding hydrogens is 415 g/mol. The Morgan fingerprint density at radius 3 is 2.27 bits per heavy atom. The third-order valence-corrected chi connectivity index (χ3v) is 4.71. The topological polar surface area (TPSA) is 63.4 Å². The van der Waals surface area contributed by atoms with Crippen molar-refractivity contribution in [2.75, 3.05) is 7.05 Å². The Hall–Kier alpha value is -1.60. The number of benzene rings is 2. The lowest BCUT2D eigenvalue weighted by Gasteiger charge is -2.18. The Morgan fingerprint density at radius 2 is 1.73 bits per heavy atom. The molecule has 0 radical (unpaired) electrons. The van der Waals surface area contributed by atoms with Gasteiger partial charge in [0.15, 0.2) is 0 Å². The Labute approximate surface area is 147 Å². The van der Waals surface area contributed by atoms with E-state index in [0.29, 0.717) is 22.7 Å². The maximum absolute atomic E-state index is 12.4. The Balaban J connectivity index is 2.10. The van der Waals surface area contributed by atoms with Crippen molar-refractivity contribution >= 4 is 46.0 Å². The van der Waals surface area contributed by atoms with Crippen molar-refractivity contribution < 1.29 is 9.59 Å². The van der Waals surface area contributed by atoms with Crippen molar-refractivity contribution in [2.24, 2.45) is 5.73 Å². The maximum atomic E-state index is 12.4. The second-order valence-corrected chi connectivity index (χ2v) is 6.42. The molecule has 0 saturated carbocycles. The Kier molecular flexibility index (Phi) is 5.42. The quantitative estimate of drug-likeness (QED) is 0.760. The van der Waals surface area contributed by atoms with E-state index in [1.54, 1.807) is 54.4 Å². The molecule has 2 amide bonds. The standard InChI is InChI=1S/C16H14ClIN2O2/c1-20(9-10-2-4-11(5-3-10)15(19)21)16(22)12-6-7-13(17)14(18)8-12/h2-8H,9H2,1H3,(H2,19,21). The molecule has 0 aliphatic heterocycles. The van der Waals surface area contributed by atoms with Crippen molar-refractivity contribution in [3.63, 3.8) is 0 Å². The first-order valence-electron chi connectivity index (χ1n) is 6.47. The van der Waals surface area contributed by atoms with Crippen LogP contribution in [0.3, 0.4) is 0 Å². The fourth-order valence-corrected chi connectivity index (χ4v) is 2.60. The summed E-state index contributed by atoms with van der Waals surface area (Å²) in [6.07, 6.45) is 0. The molecule has 0 spiro atoms. The van der Waals surface area contributed by atoms with Gasteiger partial charge in [0.05, 0.1) is 5.02 Å². The highest BCUT2D eigenvalue weighted by atomic mass is 127. The summed E-state index contributed by atoms with van der Waals surface area (Å²) in [5.41, 5.74) is 7.16. The third kappa shape index (κ3) is 3.98. The lowest BCUT2D eigenvalue weighted by molar-refractivity contribution is 0.0784. The van der Waals surface area contributed by atoms with Crippen LogP contribution in [0.25, 0.3) is 0 Å². The molecule has 2 rings (SSSR count). The first-order chi connectivity index (χ1) is 10.4. The SMILES string of the molecule is CN(Cc1ccc(C(N)=O)cc1)C(=O)c1ccc(Cl)c(I)c1. The molecule has 0 aliphatic carbocycles. The molecular formula is C16H14ClIN2O2. The van der Waals surface area contributed by atoms with E-state index in [9.17, 15) is 9.59 Å². The van der Waals surface area contributed by atoms with Crippen LogP contribution in [0.1, 0.15) is 26.3 Å². The summed E-state index contributed by atoms with van der Waals surface area (Å²) >= 11 is 8.06. The van der Waals surface area contributed by atoms with Gasteiger partial charge in [-0.25, -0.2) is 0 Å². The number of nitrogens with zero attached hydrogens (tertiary/aromatic N) is 1. The van der Waals surface area contributed by atoms with Crippen LogP contribution >= 0.6 is 34.2 Å². The highest BCUT2D eigenvalue weighted by Crippen LogP contribution is 2.20. The maximum Gasteiger partial charge on any atom is 0.253 e. The molecule has 0 aromatic heterocycles. The van der Waals surface area contributed by atoms with E-state index in [0.717, 1.165) is 9.13 Å². The number of hydrogen-bond acceptors (Lipinski definition) is 2. The molecule has 0 fully saturated rings. The fourth-order valence-electron chi connectivity index (χ4n) is 1.97. The molecule has 0 bridgehead atoms. The van der Waals surface area contributed by atoms with Crippen LogP contribution in [-0.4, -0.2) is 23.8 Å². The Bertz CT molecular complexity index is 717. The molecule has 2 N–H and O–H groups in total. The van der Waals surface area contributed by atoms with Gasteiger partial charge in [0, 0.05) is 28.3 Å². The van der Waals surface area contributed by atoms with Crippen molar-refractivity contribution in [1.29, 1.82) is 0 Å². The largest absolute Gasteiger partial charge is 0.366 e. The molecule has 6 heteroatoms. The van der Waals surface area contributed by atoms with Crippen molar-refractivity contribution in [1.82, 2.24) is 4.90 Å². The molecule has 114 valence electrons. The minimum absolute atomic E-state index is 0.0893. The number of carbonyl (C=O) groups excluding carboxylic acids is 2. The predicted octanol–water partition coefficient (Wildman–Crippen LogP) is 3.32. The summed E-state index contributed by atoms with van der Waals surface area (Å²) in [5.74, 6) is -0.555. The molecule has 0 atom stereocenters. The number of carbonyl (C=O) groups is 2. The van der Waals surface area contributed by atoms with Crippen molar-refractivity contribution in [3.05, 3.63) is 67.7 Å². The van der Waals surface area contributed by atoms with Crippen molar-refractivity contribution in [2.45, 2.75) is 6.54 Å². The minimum atomic E-state index is -0.466. The third-order valence-electron chi connectivity index (χ3n) is 3.17. The Morgan fingerprint density at radius 1 is 1.14 bits per heavy atom. The zero-order valence-electron chi connectivity index (χ0n) is 11.8. The van der Waals surface area contributed by atoms with E-state index >= 15 is 0 Å². The zero-order valence-corrected chi connectivity index (χ0v) is 14.8. The van der Waals surface area contributed by atoms with E-state index in [1.165, 1.54) is 0 Å². The van der Waals surface area contributed by atoms with E-state index in [4.69, 9.17) is 17.3 Å². The van der Waals surface area contributed by atoms with Gasteiger partial charge in [0.2, 0.25) is 5.91 Å². The molecule has 22 heavy (non-hydrogen) atoms. The van der Waals surface area contributed by atoms with Crippen LogP contribution in [-0.2, 0) is 6.54 Å². The summed E-state index contributed by atoms with van der Waals surface area (Å²) in [5, 5.41) is 0.627. The van der Waals surface area contributed by atoms with E-state index in [2.05, 4.69) is 22.6 Å². The molecule has 0 aliphatic rings. The fraction of sp³-hybridized carbons (Fsp3) is 0.125. The molecule has 0 saturated heterocycles. The van der Waals surface area contributed by atoms with Crippen LogP contribution in [0.15, 0.2) is 42.5 Å². The summed E-state index contributed by atoms with van der Waals surface area (Å²) < 4.78 is 0.837. The first kappa shape index (κ1) is 16.8. The normalized spacial score (nSPS) is 10.3. The van der Waals surface area contributed by atoms with Gasteiger partial charge in [-0.2, -0.15) is 0 Å².